The van der Waals surface area contributed by atoms with E-state index >= 15 is 0 Å². The van der Waals surface area contributed by atoms with E-state index in [-0.39, 0.29) is 0 Å². The van der Waals surface area contributed by atoms with Crippen LogP contribution in [0.15, 0.2) is 36.5 Å². The van der Waals surface area contributed by atoms with E-state index < -0.39 is 0 Å². The molecule has 0 saturated heterocycles. The fourth-order valence-corrected chi connectivity index (χ4v) is 3.22. The van der Waals surface area contributed by atoms with Crippen LogP contribution in [0, 0.1) is 20.8 Å². The fourth-order valence-electron chi connectivity index (χ4n) is 2.85. The van der Waals surface area contributed by atoms with Crippen LogP contribution in [0.5, 0.6) is 0 Å². The lowest BCUT2D eigenvalue weighted by atomic mass is 10.1. The fraction of sp³-hybridized carbons (Fsp3) is 0.167. The Morgan fingerprint density at radius 2 is 1.87 bits per heavy atom. The van der Waals surface area contributed by atoms with Crippen molar-refractivity contribution in [2.75, 3.05) is 0 Å². The molecule has 0 spiro atoms. The number of para-hydroxylation sites is 1. The third-order valence-electron chi connectivity index (χ3n) is 4.06. The molecule has 114 valence electrons. The highest BCUT2D eigenvalue weighted by molar-refractivity contribution is 6.40. The molecule has 0 aliphatic carbocycles. The maximum absolute atomic E-state index is 6.66. The average molecular weight is 323 g/mol. The van der Waals surface area contributed by atoms with Crippen LogP contribution in [0.2, 0.25) is 5.02 Å². The van der Waals surface area contributed by atoms with Gasteiger partial charge in [0, 0.05) is 11.6 Å². The van der Waals surface area contributed by atoms with Crippen molar-refractivity contribution in [3.05, 3.63) is 58.4 Å². The van der Waals surface area contributed by atoms with Gasteiger partial charge in [0.05, 0.1) is 21.6 Å². The van der Waals surface area contributed by atoms with Gasteiger partial charge in [0.15, 0.2) is 11.5 Å². The second-order valence-electron chi connectivity index (χ2n) is 5.79. The zero-order valence-electron chi connectivity index (χ0n) is 13.1. The van der Waals surface area contributed by atoms with Crippen molar-refractivity contribution in [1.29, 1.82) is 0 Å². The largest absolute Gasteiger partial charge is 0.237 e. The summed E-state index contributed by atoms with van der Waals surface area (Å²) in [5, 5.41) is 7.15. The first-order valence-corrected chi connectivity index (χ1v) is 7.81. The highest BCUT2D eigenvalue weighted by Crippen LogP contribution is 2.34. The van der Waals surface area contributed by atoms with Gasteiger partial charge in [-0.2, -0.15) is 9.78 Å². The van der Waals surface area contributed by atoms with Crippen molar-refractivity contribution in [3.8, 4) is 5.82 Å². The molecule has 5 heteroatoms. The minimum absolute atomic E-state index is 0.699. The van der Waals surface area contributed by atoms with Crippen molar-refractivity contribution in [2.24, 2.45) is 0 Å². The summed E-state index contributed by atoms with van der Waals surface area (Å²) >= 11 is 6.66. The number of aromatic nitrogens is 4. The average Bonchev–Trinajstić information content (AvgIpc) is 2.87. The summed E-state index contributed by atoms with van der Waals surface area (Å²) < 4.78 is 1.77. The van der Waals surface area contributed by atoms with E-state index in [4.69, 9.17) is 16.6 Å². The molecule has 0 aliphatic heterocycles. The van der Waals surface area contributed by atoms with Gasteiger partial charge in [-0.15, -0.1) is 0 Å². The number of fused-ring (bicyclic) bond motifs is 2. The molecule has 3 heterocycles. The van der Waals surface area contributed by atoms with Crippen LogP contribution in [0.1, 0.15) is 16.8 Å². The molecule has 1 aromatic carbocycles. The Balaban J connectivity index is 2.13. The summed E-state index contributed by atoms with van der Waals surface area (Å²) in [7, 11) is 0. The lowest BCUT2D eigenvalue weighted by Crippen LogP contribution is -2.01. The number of halogens is 1. The van der Waals surface area contributed by atoms with Gasteiger partial charge in [0.25, 0.3) is 0 Å². The molecule has 0 radical (unpaired) electrons. The van der Waals surface area contributed by atoms with Gasteiger partial charge in [0.1, 0.15) is 0 Å². The van der Waals surface area contributed by atoms with Gasteiger partial charge in [0.2, 0.25) is 0 Å². The zero-order valence-corrected chi connectivity index (χ0v) is 13.9. The predicted molar refractivity (Wildman–Crippen MR) is 93.4 cm³/mol. The quantitative estimate of drug-likeness (QED) is 0.516. The molecule has 0 unspecified atom stereocenters. The summed E-state index contributed by atoms with van der Waals surface area (Å²) in [6, 6.07) is 9.99. The smallest absolute Gasteiger partial charge is 0.167 e. The second kappa shape index (κ2) is 5.03. The first kappa shape index (κ1) is 14.2. The Bertz CT molecular complexity index is 1050. The van der Waals surface area contributed by atoms with Crippen LogP contribution >= 0.6 is 11.6 Å². The van der Waals surface area contributed by atoms with E-state index in [1.54, 1.807) is 4.68 Å². The van der Waals surface area contributed by atoms with Crippen molar-refractivity contribution in [3.63, 3.8) is 0 Å². The normalized spacial score (nSPS) is 11.5. The van der Waals surface area contributed by atoms with Crippen LogP contribution in [0.4, 0.5) is 0 Å². The van der Waals surface area contributed by atoms with E-state index in [9.17, 15) is 0 Å². The number of pyridine rings is 2. The van der Waals surface area contributed by atoms with E-state index in [1.165, 1.54) is 0 Å². The van der Waals surface area contributed by atoms with Crippen molar-refractivity contribution < 1.29 is 0 Å². The molecule has 4 nitrogen and oxygen atoms in total. The summed E-state index contributed by atoms with van der Waals surface area (Å²) in [4.78, 5) is 9.30. The second-order valence-corrected chi connectivity index (χ2v) is 6.16. The van der Waals surface area contributed by atoms with E-state index in [0.717, 1.165) is 44.6 Å². The zero-order chi connectivity index (χ0) is 16.1. The number of nitrogens with zero attached hydrogens (tertiary/aromatic N) is 4. The number of benzene rings is 1. The van der Waals surface area contributed by atoms with Gasteiger partial charge < -0.3 is 0 Å². The van der Waals surface area contributed by atoms with Crippen LogP contribution in [0.25, 0.3) is 27.8 Å². The minimum atomic E-state index is 0.699. The van der Waals surface area contributed by atoms with Crippen LogP contribution in [0.3, 0.4) is 0 Å². The molecule has 4 rings (SSSR count). The third-order valence-corrected chi connectivity index (χ3v) is 4.45. The topological polar surface area (TPSA) is 43.6 Å². The maximum Gasteiger partial charge on any atom is 0.167 e. The molecule has 0 aliphatic rings. The molecule has 3 aromatic heterocycles. The standard InChI is InChI=1S/C18H15ClN4/c1-10-7-8-14(20-9-10)23-18-15(12(3)22-23)16(19)13-6-4-5-11(2)17(13)21-18/h4-9H,1-3H3. The summed E-state index contributed by atoms with van der Waals surface area (Å²) in [5.41, 5.74) is 4.69. The number of hydrogen-bond donors (Lipinski definition) is 0. The van der Waals surface area contributed by atoms with Crippen LogP contribution < -0.4 is 0 Å². The highest BCUT2D eigenvalue weighted by atomic mass is 35.5. The molecule has 0 atom stereocenters. The molecule has 4 aromatic rings. The summed E-state index contributed by atoms with van der Waals surface area (Å²) in [6.07, 6.45) is 1.83. The Hall–Kier alpha value is -2.46. The molecule has 0 saturated carbocycles. The van der Waals surface area contributed by atoms with E-state index in [2.05, 4.69) is 10.1 Å². The SMILES string of the molecule is Cc1ccc(-n2nc(C)c3c(Cl)c4cccc(C)c4nc32)nc1. The molecule has 0 N–H and O–H groups in total. The molecule has 0 amide bonds. The van der Waals surface area contributed by atoms with Crippen molar-refractivity contribution in [2.45, 2.75) is 20.8 Å². The third kappa shape index (κ3) is 2.10. The van der Waals surface area contributed by atoms with Gasteiger partial charge in [-0.25, -0.2) is 9.97 Å². The minimum Gasteiger partial charge on any atom is -0.237 e. The van der Waals surface area contributed by atoms with Gasteiger partial charge >= 0.3 is 0 Å². The summed E-state index contributed by atoms with van der Waals surface area (Å²) in [6.45, 7) is 5.99. The highest BCUT2D eigenvalue weighted by Gasteiger charge is 2.17. The summed E-state index contributed by atoms with van der Waals surface area (Å²) in [5.74, 6) is 0.741. The lowest BCUT2D eigenvalue weighted by molar-refractivity contribution is 0.847. The van der Waals surface area contributed by atoms with Crippen molar-refractivity contribution >= 4 is 33.5 Å². The van der Waals surface area contributed by atoms with E-state index in [0.29, 0.717) is 5.02 Å². The predicted octanol–water partition coefficient (Wildman–Crippen LogP) is 4.55. The maximum atomic E-state index is 6.66. The molecular weight excluding hydrogens is 308 g/mol. The molecule has 0 fully saturated rings. The van der Waals surface area contributed by atoms with Gasteiger partial charge in [-0.1, -0.05) is 35.9 Å². The Morgan fingerprint density at radius 3 is 2.61 bits per heavy atom. The number of aryl methyl sites for hydroxylation is 3. The first-order valence-electron chi connectivity index (χ1n) is 7.43. The van der Waals surface area contributed by atoms with Crippen LogP contribution in [-0.2, 0) is 0 Å². The lowest BCUT2D eigenvalue weighted by Gasteiger charge is -2.07. The molecule has 23 heavy (non-hydrogen) atoms. The van der Waals surface area contributed by atoms with Gasteiger partial charge in [-0.3, -0.25) is 0 Å². The Labute approximate surface area is 138 Å². The first-order chi connectivity index (χ1) is 11.1. The number of hydrogen-bond acceptors (Lipinski definition) is 3. The van der Waals surface area contributed by atoms with Crippen molar-refractivity contribution in [1.82, 2.24) is 19.7 Å². The van der Waals surface area contributed by atoms with Crippen LogP contribution in [-0.4, -0.2) is 19.7 Å². The Morgan fingerprint density at radius 1 is 1.04 bits per heavy atom. The molecule has 0 bridgehead atoms. The molecular formula is C18H15ClN4. The Kier molecular flexibility index (Phi) is 3.10. The van der Waals surface area contributed by atoms with E-state index in [1.807, 2.05) is 57.3 Å². The van der Waals surface area contributed by atoms with Gasteiger partial charge in [-0.05, 0) is 38.0 Å². The number of rotatable bonds is 1. The monoisotopic (exact) mass is 322 g/mol.